The summed E-state index contributed by atoms with van der Waals surface area (Å²) in [7, 11) is -4.11. The molecule has 1 aromatic carbocycles. The molecule has 4 fully saturated rings. The molecule has 0 radical (unpaired) electrons. The number of nitrogens with one attached hydrogen (secondary N) is 3. The van der Waals surface area contributed by atoms with Crippen molar-refractivity contribution in [2.45, 2.75) is 138 Å². The molecular formula is C45H59F3N6O10S. The van der Waals surface area contributed by atoms with E-state index in [1.807, 2.05) is 6.08 Å². The van der Waals surface area contributed by atoms with Crippen LogP contribution < -0.4 is 24.8 Å². The van der Waals surface area contributed by atoms with Gasteiger partial charge in [0.2, 0.25) is 21.8 Å². The van der Waals surface area contributed by atoms with Gasteiger partial charge in [0.15, 0.2) is 11.4 Å². The molecule has 16 nitrogen and oxygen atoms in total. The van der Waals surface area contributed by atoms with Gasteiger partial charge in [0, 0.05) is 42.9 Å². The number of alkyl carbamates (subject to hydrolysis) is 1. The minimum Gasteiger partial charge on any atom is -0.492 e. The molecule has 8 rings (SSSR count). The number of allylic oxidation sites excluding steroid dienone is 1. The fourth-order valence-corrected chi connectivity index (χ4v) is 10.7. The zero-order valence-corrected chi connectivity index (χ0v) is 38.1. The van der Waals surface area contributed by atoms with Gasteiger partial charge in [0.05, 0.1) is 30.0 Å². The molecule has 5 atom stereocenters. The number of pyridine rings is 1. The quantitative estimate of drug-likeness (QED) is 0.303. The second kappa shape index (κ2) is 17.5. The van der Waals surface area contributed by atoms with Crippen LogP contribution in [0.25, 0.3) is 10.9 Å². The van der Waals surface area contributed by atoms with Gasteiger partial charge in [-0.3, -0.25) is 24.0 Å². The normalized spacial score (nSPS) is 28.9. The van der Waals surface area contributed by atoms with Gasteiger partial charge < -0.3 is 34.5 Å². The van der Waals surface area contributed by atoms with E-state index in [9.17, 15) is 40.8 Å². The van der Waals surface area contributed by atoms with Crippen LogP contribution >= 0.6 is 0 Å². The predicted molar refractivity (Wildman–Crippen MR) is 230 cm³/mol. The fraction of sp³-hybridized carbons (Fsp3) is 0.667. The number of ether oxygens (including phenoxy) is 4. The Hall–Kier alpha value is -4.69. The molecular weight excluding hydrogens is 874 g/mol. The molecule has 65 heavy (non-hydrogen) atoms. The smallest absolute Gasteiger partial charge is 0.437 e. The summed E-state index contributed by atoms with van der Waals surface area (Å²) >= 11 is 0. The average Bonchev–Trinajstić information content (AvgIpc) is 4.13. The summed E-state index contributed by atoms with van der Waals surface area (Å²) in [6.07, 6.45) is 1.16. The number of halogens is 3. The summed E-state index contributed by atoms with van der Waals surface area (Å²) in [5.41, 5.74) is -5.04. The van der Waals surface area contributed by atoms with Crippen LogP contribution in [-0.2, 0) is 46.5 Å². The first-order valence-corrected chi connectivity index (χ1v) is 24.1. The second-order valence-electron chi connectivity index (χ2n) is 19.6. The van der Waals surface area contributed by atoms with Gasteiger partial charge in [-0.15, -0.1) is 0 Å². The molecule has 1 unspecified atom stereocenters. The molecule has 20 heteroatoms. The highest BCUT2D eigenvalue weighted by molar-refractivity contribution is 7.91. The average molecular weight is 933 g/mol. The minimum absolute atomic E-state index is 0.0560. The molecule has 4 aliphatic heterocycles. The van der Waals surface area contributed by atoms with E-state index in [1.165, 1.54) is 17.9 Å². The van der Waals surface area contributed by atoms with Gasteiger partial charge in [-0.1, -0.05) is 25.0 Å². The third-order valence-electron chi connectivity index (χ3n) is 13.5. The van der Waals surface area contributed by atoms with Gasteiger partial charge in [0.25, 0.3) is 5.91 Å². The van der Waals surface area contributed by atoms with Gasteiger partial charge in [-0.25, -0.2) is 18.2 Å². The minimum atomic E-state index is -4.95. The lowest BCUT2D eigenvalue weighted by Gasteiger charge is -2.37. The van der Waals surface area contributed by atoms with E-state index in [1.54, 1.807) is 39.0 Å². The lowest BCUT2D eigenvalue weighted by molar-refractivity contribution is -0.144. The van der Waals surface area contributed by atoms with Crippen molar-refractivity contribution in [2.75, 3.05) is 46.0 Å². The number of carbonyl (C=O) groups excluding carboxylic acids is 4. The number of aryl methyl sites for hydroxylation is 1. The molecule has 2 aliphatic carbocycles. The number of alkyl halides is 3. The summed E-state index contributed by atoms with van der Waals surface area (Å²) in [4.78, 5) is 64.3. The van der Waals surface area contributed by atoms with Crippen molar-refractivity contribution >= 4 is 44.7 Å². The number of benzene rings is 1. The molecule has 1 spiro atoms. The first-order chi connectivity index (χ1) is 30.6. The molecule has 356 valence electrons. The third-order valence-corrected chi connectivity index (χ3v) is 15.7. The number of rotatable bonds is 8. The number of carbonyl (C=O) groups is 4. The highest BCUT2D eigenvalue weighted by Gasteiger charge is 2.64. The van der Waals surface area contributed by atoms with Crippen molar-refractivity contribution in [3.8, 4) is 11.5 Å². The van der Waals surface area contributed by atoms with E-state index in [0.29, 0.717) is 76.0 Å². The fourth-order valence-electron chi connectivity index (χ4n) is 9.36. The first kappa shape index (κ1) is 46.8. The Morgan fingerprint density at radius 3 is 2.51 bits per heavy atom. The van der Waals surface area contributed by atoms with Crippen LogP contribution in [0.15, 0.2) is 30.4 Å². The van der Waals surface area contributed by atoms with Crippen molar-refractivity contribution in [1.29, 1.82) is 0 Å². The van der Waals surface area contributed by atoms with Gasteiger partial charge >= 0.3 is 12.3 Å². The molecule has 0 bridgehead atoms. The summed E-state index contributed by atoms with van der Waals surface area (Å²) in [6.45, 7) is 9.96. The van der Waals surface area contributed by atoms with Gasteiger partial charge in [0.1, 0.15) is 41.2 Å². The maximum absolute atomic E-state index is 15.0. The molecule has 4 amide bonds. The Bertz CT molecular complexity index is 2350. The number of amides is 4. The summed E-state index contributed by atoms with van der Waals surface area (Å²) < 4.78 is 96.1. The molecule has 2 saturated carbocycles. The maximum atomic E-state index is 15.0. The zero-order valence-electron chi connectivity index (χ0n) is 37.3. The van der Waals surface area contributed by atoms with E-state index < -0.39 is 90.9 Å². The van der Waals surface area contributed by atoms with E-state index in [0.717, 1.165) is 13.1 Å². The van der Waals surface area contributed by atoms with E-state index in [-0.39, 0.29) is 49.7 Å². The van der Waals surface area contributed by atoms with Crippen LogP contribution in [0.1, 0.15) is 103 Å². The topological polar surface area (TPSA) is 195 Å². The van der Waals surface area contributed by atoms with Gasteiger partial charge in [-0.05, 0) is 97.3 Å². The summed E-state index contributed by atoms with van der Waals surface area (Å²) in [6, 6.07) is 2.11. The third kappa shape index (κ3) is 10.0. The van der Waals surface area contributed by atoms with E-state index >= 15 is 0 Å². The van der Waals surface area contributed by atoms with E-state index in [2.05, 4.69) is 25.2 Å². The molecule has 6 aliphatic rings. The number of nitrogens with zero attached hydrogens (tertiary/aromatic N) is 3. The van der Waals surface area contributed by atoms with Crippen molar-refractivity contribution in [3.63, 3.8) is 0 Å². The highest BCUT2D eigenvalue weighted by Crippen LogP contribution is 2.50. The molecule has 2 aromatic rings. The molecule has 3 N–H and O–H groups in total. The predicted octanol–water partition coefficient (Wildman–Crippen LogP) is 4.92. The van der Waals surface area contributed by atoms with Crippen molar-refractivity contribution in [3.05, 3.63) is 41.6 Å². The highest BCUT2D eigenvalue weighted by atomic mass is 32.2. The Labute approximate surface area is 376 Å². The number of sulfonamides is 1. The van der Waals surface area contributed by atoms with Crippen LogP contribution in [0.2, 0.25) is 0 Å². The summed E-state index contributed by atoms with van der Waals surface area (Å²) in [5.74, 6) is -3.05. The van der Waals surface area contributed by atoms with Crippen LogP contribution in [0.3, 0.4) is 0 Å². The maximum Gasteiger partial charge on any atom is 0.437 e. The number of aromatic nitrogens is 1. The molecule has 1 aromatic heterocycles. The van der Waals surface area contributed by atoms with Crippen molar-refractivity contribution < 1.29 is 59.7 Å². The lowest BCUT2D eigenvalue weighted by Crippen LogP contribution is -2.58. The molecule has 2 saturated heterocycles. The largest absolute Gasteiger partial charge is 0.492 e. The zero-order chi connectivity index (χ0) is 46.6. The van der Waals surface area contributed by atoms with Crippen molar-refractivity contribution in [2.24, 2.45) is 5.92 Å². The number of hydrogen-bond donors (Lipinski definition) is 3. The monoisotopic (exact) mass is 932 g/mol. The lowest BCUT2D eigenvalue weighted by atomic mass is 9.87. The van der Waals surface area contributed by atoms with Gasteiger partial charge in [-0.2, -0.15) is 13.2 Å². The second-order valence-corrected chi connectivity index (χ2v) is 21.8. The first-order valence-electron chi connectivity index (χ1n) is 22.6. The van der Waals surface area contributed by atoms with Crippen LogP contribution in [-0.4, -0.2) is 127 Å². The number of fused-ring (bicyclic) bond motifs is 5. The number of hydrogen-bond acceptors (Lipinski definition) is 12. The van der Waals surface area contributed by atoms with Crippen molar-refractivity contribution in [1.82, 2.24) is 30.1 Å². The van der Waals surface area contributed by atoms with Crippen LogP contribution in [0.5, 0.6) is 11.5 Å². The summed E-state index contributed by atoms with van der Waals surface area (Å²) in [5, 5.41) is 5.90. The SMILES string of the molecule is CC(C)(C)OC(=O)NC1CCCCC/C=C\[C@H]2C[C@@]2(C(=O)NS(=O)(=O)C2(C)CC2)NC(=O)[C@@H]2C[C@]3(CCc4c(c(C(F)(F)F)nc5ccc(OCCN6CCOCC6)cc45)O3)CN2C1=O. The van der Waals surface area contributed by atoms with Crippen LogP contribution in [0, 0.1) is 5.92 Å². The Balaban J connectivity index is 1.13. The van der Waals surface area contributed by atoms with Crippen LogP contribution in [0.4, 0.5) is 18.0 Å². The Kier molecular flexibility index (Phi) is 12.6. The Morgan fingerprint density at radius 1 is 1.05 bits per heavy atom. The molecule has 5 heterocycles. The van der Waals surface area contributed by atoms with E-state index in [4.69, 9.17) is 18.9 Å². The standard InChI is InChI=1S/C45H59F3N6O10S/c1-41(2,3)64-40(58)50-33-11-9-7-5-6-8-10-28-25-44(28,39(57)52-65(59,60)42(4)16-17-42)51-37(55)34-26-43(27-54(34)38(33)56)15-14-30-31-24-29(62-23-20-53-18-21-61-22-19-53)12-13-32(31)49-36(35(30)63-43)45(46,47)48/h8,10,12-13,24,28,33-34H,5-7,9,11,14-23,25-27H2,1-4H3,(H,50,58)(H,51,55)(H,52,57)/b10-8-/t28-,33?,34-,43+,44+/m0/s1. The Morgan fingerprint density at radius 2 is 1.80 bits per heavy atom. The number of morpholine rings is 1.